The number of methoxy groups -OCH3 is 1. The molecule has 1 heterocycles. The molecule has 1 aliphatic rings. The van der Waals surface area contributed by atoms with Crippen molar-refractivity contribution >= 4 is 5.91 Å². The van der Waals surface area contributed by atoms with Gasteiger partial charge in [-0.3, -0.25) is 9.69 Å². The largest absolute Gasteiger partial charge is 0.370 e. The average molecular weight is 200 g/mol. The van der Waals surface area contributed by atoms with Gasteiger partial charge in [0.15, 0.2) is 0 Å². The maximum atomic E-state index is 10.9. The molecule has 1 saturated heterocycles. The van der Waals surface area contributed by atoms with Crippen LogP contribution in [-0.2, 0) is 9.53 Å². The predicted octanol–water partition coefficient (Wildman–Crippen LogP) is 0.710. The number of hydrogen-bond acceptors (Lipinski definition) is 3. The second-order valence-electron chi connectivity index (χ2n) is 4.07. The van der Waals surface area contributed by atoms with Crippen LogP contribution in [0.1, 0.15) is 32.6 Å². The summed E-state index contributed by atoms with van der Waals surface area (Å²) >= 11 is 0. The Morgan fingerprint density at radius 2 is 2.00 bits per heavy atom. The van der Waals surface area contributed by atoms with Gasteiger partial charge in [-0.2, -0.15) is 0 Å². The van der Waals surface area contributed by atoms with Crippen molar-refractivity contribution in [3.63, 3.8) is 0 Å². The lowest BCUT2D eigenvalue weighted by atomic mass is 10.0. The standard InChI is InChI=1S/C10H20N2O2/c1-10(14-2,8-9(11)13)12-6-4-3-5-7-12/h3-8H2,1-2H3,(H2,11,13). The SMILES string of the molecule is COC(C)(CC(N)=O)N1CCCCC1. The van der Waals surface area contributed by atoms with Crippen LogP contribution in [0.15, 0.2) is 0 Å². The van der Waals surface area contributed by atoms with Crippen molar-refractivity contribution in [3.8, 4) is 0 Å². The van der Waals surface area contributed by atoms with Gasteiger partial charge in [0.25, 0.3) is 0 Å². The van der Waals surface area contributed by atoms with Crippen LogP contribution in [-0.4, -0.2) is 36.7 Å². The molecule has 1 amide bonds. The molecule has 1 rings (SSSR count). The van der Waals surface area contributed by atoms with Crippen molar-refractivity contribution in [2.45, 2.75) is 38.3 Å². The maximum Gasteiger partial charge on any atom is 0.221 e. The summed E-state index contributed by atoms with van der Waals surface area (Å²) in [5, 5.41) is 0. The molecule has 2 N–H and O–H groups in total. The summed E-state index contributed by atoms with van der Waals surface area (Å²) < 4.78 is 5.41. The molecule has 0 radical (unpaired) electrons. The molecule has 1 aliphatic heterocycles. The van der Waals surface area contributed by atoms with Crippen molar-refractivity contribution in [2.75, 3.05) is 20.2 Å². The van der Waals surface area contributed by atoms with Gasteiger partial charge in [-0.1, -0.05) is 6.42 Å². The molecule has 4 heteroatoms. The molecule has 0 saturated carbocycles. The van der Waals surface area contributed by atoms with Gasteiger partial charge in [0.05, 0.1) is 6.42 Å². The summed E-state index contributed by atoms with van der Waals surface area (Å²) in [5.74, 6) is -0.306. The average Bonchev–Trinajstić information content (AvgIpc) is 2.18. The summed E-state index contributed by atoms with van der Waals surface area (Å²) in [5.41, 5.74) is 4.71. The summed E-state index contributed by atoms with van der Waals surface area (Å²) in [7, 11) is 1.64. The normalized spacial score (nSPS) is 23.0. The van der Waals surface area contributed by atoms with Crippen molar-refractivity contribution in [1.82, 2.24) is 4.90 Å². The number of amides is 1. The third-order valence-corrected chi connectivity index (χ3v) is 2.97. The number of rotatable bonds is 4. The Morgan fingerprint density at radius 3 is 2.43 bits per heavy atom. The highest BCUT2D eigenvalue weighted by molar-refractivity contribution is 5.74. The van der Waals surface area contributed by atoms with E-state index in [1.54, 1.807) is 7.11 Å². The highest BCUT2D eigenvalue weighted by atomic mass is 16.5. The molecule has 1 atom stereocenters. The highest BCUT2D eigenvalue weighted by Crippen LogP contribution is 2.24. The van der Waals surface area contributed by atoms with Crippen molar-refractivity contribution in [2.24, 2.45) is 5.73 Å². The summed E-state index contributed by atoms with van der Waals surface area (Å²) in [4.78, 5) is 13.1. The van der Waals surface area contributed by atoms with E-state index in [0.29, 0.717) is 0 Å². The van der Waals surface area contributed by atoms with Crippen LogP contribution in [0.3, 0.4) is 0 Å². The van der Waals surface area contributed by atoms with Crippen LogP contribution < -0.4 is 5.73 Å². The third kappa shape index (κ3) is 2.69. The molecular formula is C10H20N2O2. The fraction of sp³-hybridized carbons (Fsp3) is 0.900. The second-order valence-corrected chi connectivity index (χ2v) is 4.07. The number of ether oxygens (including phenoxy) is 1. The van der Waals surface area contributed by atoms with Crippen LogP contribution in [0.2, 0.25) is 0 Å². The maximum absolute atomic E-state index is 10.9. The van der Waals surface area contributed by atoms with E-state index in [0.717, 1.165) is 13.1 Å². The molecule has 0 aliphatic carbocycles. The lowest BCUT2D eigenvalue weighted by molar-refractivity contribution is -0.149. The third-order valence-electron chi connectivity index (χ3n) is 2.97. The first kappa shape index (κ1) is 11.5. The Labute approximate surface area is 85.4 Å². The van der Waals surface area contributed by atoms with E-state index in [1.807, 2.05) is 6.92 Å². The molecule has 14 heavy (non-hydrogen) atoms. The number of carbonyl (C=O) groups is 1. The van der Waals surface area contributed by atoms with E-state index in [-0.39, 0.29) is 12.3 Å². The number of nitrogens with zero attached hydrogens (tertiary/aromatic N) is 1. The predicted molar refractivity (Wildman–Crippen MR) is 54.6 cm³/mol. The molecule has 4 nitrogen and oxygen atoms in total. The van der Waals surface area contributed by atoms with Gasteiger partial charge in [-0.15, -0.1) is 0 Å². The zero-order valence-electron chi connectivity index (χ0n) is 9.08. The molecule has 0 aromatic rings. The molecule has 1 fully saturated rings. The number of hydrogen-bond donors (Lipinski definition) is 1. The number of nitrogens with two attached hydrogens (primary N) is 1. The summed E-state index contributed by atoms with van der Waals surface area (Å²) in [6.45, 7) is 3.93. The first-order valence-corrected chi connectivity index (χ1v) is 5.17. The minimum Gasteiger partial charge on any atom is -0.370 e. The molecule has 0 aromatic heterocycles. The van der Waals surface area contributed by atoms with Gasteiger partial charge in [-0.25, -0.2) is 0 Å². The Hall–Kier alpha value is -0.610. The fourth-order valence-electron chi connectivity index (χ4n) is 2.00. The zero-order chi connectivity index (χ0) is 10.6. The smallest absolute Gasteiger partial charge is 0.221 e. The van der Waals surface area contributed by atoms with Gasteiger partial charge in [0, 0.05) is 20.2 Å². The molecular weight excluding hydrogens is 180 g/mol. The summed E-state index contributed by atoms with van der Waals surface area (Å²) in [6.07, 6.45) is 3.89. The van der Waals surface area contributed by atoms with Gasteiger partial charge >= 0.3 is 0 Å². The number of piperidine rings is 1. The minimum atomic E-state index is -0.508. The van der Waals surface area contributed by atoms with Crippen LogP contribution in [0.25, 0.3) is 0 Å². The van der Waals surface area contributed by atoms with E-state index < -0.39 is 5.72 Å². The Morgan fingerprint density at radius 1 is 1.43 bits per heavy atom. The first-order valence-electron chi connectivity index (χ1n) is 5.17. The molecule has 0 spiro atoms. The molecule has 1 unspecified atom stereocenters. The van der Waals surface area contributed by atoms with Crippen molar-refractivity contribution in [1.29, 1.82) is 0 Å². The van der Waals surface area contributed by atoms with Crippen molar-refractivity contribution < 1.29 is 9.53 Å². The van der Waals surface area contributed by atoms with Crippen LogP contribution in [0.4, 0.5) is 0 Å². The number of primary amides is 1. The van der Waals surface area contributed by atoms with Crippen LogP contribution in [0, 0.1) is 0 Å². The van der Waals surface area contributed by atoms with Gasteiger partial charge in [-0.05, 0) is 19.8 Å². The van der Waals surface area contributed by atoms with E-state index in [4.69, 9.17) is 10.5 Å². The Bertz CT molecular complexity index is 202. The highest BCUT2D eigenvalue weighted by Gasteiger charge is 2.33. The van der Waals surface area contributed by atoms with E-state index >= 15 is 0 Å². The monoisotopic (exact) mass is 200 g/mol. The van der Waals surface area contributed by atoms with E-state index in [9.17, 15) is 4.79 Å². The Balaban J connectivity index is 2.61. The molecule has 82 valence electrons. The zero-order valence-corrected chi connectivity index (χ0v) is 9.08. The number of carbonyl (C=O) groups excluding carboxylic acids is 1. The lowest BCUT2D eigenvalue weighted by Crippen LogP contribution is -2.52. The van der Waals surface area contributed by atoms with E-state index in [2.05, 4.69) is 4.90 Å². The topological polar surface area (TPSA) is 55.6 Å². The van der Waals surface area contributed by atoms with Crippen molar-refractivity contribution in [3.05, 3.63) is 0 Å². The molecule has 0 bridgehead atoms. The lowest BCUT2D eigenvalue weighted by Gasteiger charge is -2.41. The van der Waals surface area contributed by atoms with Gasteiger partial charge < -0.3 is 10.5 Å². The van der Waals surface area contributed by atoms with Gasteiger partial charge in [0.1, 0.15) is 5.72 Å². The Kier molecular flexibility index (Phi) is 3.89. The fourth-order valence-corrected chi connectivity index (χ4v) is 2.00. The van der Waals surface area contributed by atoms with Crippen LogP contribution >= 0.6 is 0 Å². The first-order chi connectivity index (χ1) is 6.58. The second kappa shape index (κ2) is 4.75. The molecule has 0 aromatic carbocycles. The number of likely N-dealkylation sites (tertiary alicyclic amines) is 1. The van der Waals surface area contributed by atoms with E-state index in [1.165, 1.54) is 19.3 Å². The van der Waals surface area contributed by atoms with Gasteiger partial charge in [0.2, 0.25) is 5.91 Å². The van der Waals surface area contributed by atoms with Crippen LogP contribution in [0.5, 0.6) is 0 Å². The quantitative estimate of drug-likeness (QED) is 0.727. The summed E-state index contributed by atoms with van der Waals surface area (Å²) in [6, 6.07) is 0. The minimum absolute atomic E-state index is 0.267.